The Labute approximate surface area is 126 Å². The lowest BCUT2D eigenvalue weighted by Gasteiger charge is -2.25. The molecule has 3 heteroatoms. The van der Waals surface area contributed by atoms with Crippen LogP contribution < -0.4 is 17.0 Å². The van der Waals surface area contributed by atoms with E-state index in [0.717, 1.165) is 0 Å². The molecule has 2 heterocycles. The van der Waals surface area contributed by atoms with Gasteiger partial charge in [0.25, 0.3) is 0 Å². The lowest BCUT2D eigenvalue weighted by Crippen LogP contribution is -3.00. The summed E-state index contributed by atoms with van der Waals surface area (Å²) in [4.78, 5) is 2.62. The second-order valence-electron chi connectivity index (χ2n) is 5.52. The van der Waals surface area contributed by atoms with E-state index < -0.39 is 0 Å². The van der Waals surface area contributed by atoms with E-state index in [0.29, 0.717) is 0 Å². The van der Waals surface area contributed by atoms with Gasteiger partial charge in [-0.25, -0.2) is 4.58 Å². The summed E-state index contributed by atoms with van der Waals surface area (Å²) in [5, 5.41) is 0. The fourth-order valence-electron chi connectivity index (χ4n) is 3.04. The van der Waals surface area contributed by atoms with Crippen LogP contribution in [0.1, 0.15) is 30.4 Å². The molecule has 0 N–H and O–H groups in total. The molecule has 0 atom stereocenters. The van der Waals surface area contributed by atoms with Gasteiger partial charge in [-0.2, -0.15) is 0 Å². The number of halogens is 1. The van der Waals surface area contributed by atoms with Crippen molar-refractivity contribution in [2.45, 2.75) is 25.7 Å². The van der Waals surface area contributed by atoms with Crippen LogP contribution in [0.3, 0.4) is 0 Å². The molecule has 2 aliphatic rings. The smallest absolute Gasteiger partial charge is 0.171 e. The van der Waals surface area contributed by atoms with Gasteiger partial charge in [-0.3, -0.25) is 4.90 Å². The van der Waals surface area contributed by atoms with E-state index in [4.69, 9.17) is 0 Å². The van der Waals surface area contributed by atoms with Gasteiger partial charge in [-0.15, -0.1) is 0 Å². The maximum atomic E-state index is 2.62. The van der Waals surface area contributed by atoms with Gasteiger partial charge in [-0.1, -0.05) is 24.6 Å². The van der Waals surface area contributed by atoms with E-state index in [1.807, 2.05) is 0 Å². The molecule has 0 aromatic heterocycles. The van der Waals surface area contributed by atoms with Crippen LogP contribution in [0.4, 0.5) is 0 Å². The highest BCUT2D eigenvalue weighted by Crippen LogP contribution is 2.12. The zero-order valence-electron chi connectivity index (χ0n) is 11.5. The molecule has 0 radical (unpaired) electrons. The van der Waals surface area contributed by atoms with Gasteiger partial charge in [0, 0.05) is 12.0 Å². The highest BCUT2D eigenvalue weighted by molar-refractivity contribution is 5.78. The van der Waals surface area contributed by atoms with Crippen molar-refractivity contribution in [1.29, 1.82) is 0 Å². The van der Waals surface area contributed by atoms with Crippen molar-refractivity contribution in [3.63, 3.8) is 0 Å². The largest absolute Gasteiger partial charge is 1.00 e. The SMILES string of the molecule is C1=[N+](CCN2CCCCC2)CCc2ccccc21.[Br-]. The fraction of sp³-hybridized carbons (Fsp3) is 0.562. The Morgan fingerprint density at radius 2 is 1.84 bits per heavy atom. The fourth-order valence-corrected chi connectivity index (χ4v) is 3.04. The second-order valence-corrected chi connectivity index (χ2v) is 5.52. The van der Waals surface area contributed by atoms with Crippen LogP contribution in [0.2, 0.25) is 0 Å². The molecule has 1 saturated heterocycles. The summed E-state index contributed by atoms with van der Waals surface area (Å²) < 4.78 is 2.50. The van der Waals surface area contributed by atoms with Crippen molar-refractivity contribution in [2.75, 3.05) is 32.7 Å². The van der Waals surface area contributed by atoms with E-state index in [1.165, 1.54) is 69.5 Å². The van der Waals surface area contributed by atoms with Crippen LogP contribution in [-0.2, 0) is 6.42 Å². The number of piperidine rings is 1. The minimum absolute atomic E-state index is 0. The maximum absolute atomic E-state index is 2.62. The molecule has 1 aromatic rings. The van der Waals surface area contributed by atoms with Crippen LogP contribution >= 0.6 is 0 Å². The third kappa shape index (κ3) is 3.90. The number of hydrogen-bond acceptors (Lipinski definition) is 1. The Hall–Kier alpha value is -0.670. The molecule has 1 aromatic carbocycles. The molecular weight excluding hydrogens is 300 g/mol. The molecule has 2 nitrogen and oxygen atoms in total. The average Bonchev–Trinajstić information content (AvgIpc) is 2.46. The Balaban J connectivity index is 0.00000133. The standard InChI is InChI=1S/C16H23N2.BrH/c1-4-9-17(10-5-1)12-13-18-11-8-15-6-2-3-7-16(15)14-18;/h2-3,6-7,14H,1,4-5,8-13H2;1H/q+1;/p-1. The summed E-state index contributed by atoms with van der Waals surface area (Å²) in [5.74, 6) is 0. The first-order chi connectivity index (χ1) is 8.92. The van der Waals surface area contributed by atoms with Crippen LogP contribution in [0.15, 0.2) is 24.3 Å². The first-order valence-electron chi connectivity index (χ1n) is 7.31. The first-order valence-corrected chi connectivity index (χ1v) is 7.31. The molecule has 0 aliphatic carbocycles. The summed E-state index contributed by atoms with van der Waals surface area (Å²) in [6.07, 6.45) is 7.77. The predicted octanol–water partition coefficient (Wildman–Crippen LogP) is -0.836. The summed E-state index contributed by atoms with van der Waals surface area (Å²) in [5.41, 5.74) is 2.93. The van der Waals surface area contributed by atoms with Crippen molar-refractivity contribution in [3.05, 3.63) is 35.4 Å². The van der Waals surface area contributed by atoms with Crippen LogP contribution in [-0.4, -0.2) is 48.4 Å². The van der Waals surface area contributed by atoms with Gasteiger partial charge >= 0.3 is 0 Å². The molecule has 0 saturated carbocycles. The number of nitrogens with zero attached hydrogens (tertiary/aromatic N) is 2. The summed E-state index contributed by atoms with van der Waals surface area (Å²) >= 11 is 0. The van der Waals surface area contributed by atoms with Crippen LogP contribution in [0.5, 0.6) is 0 Å². The highest BCUT2D eigenvalue weighted by atomic mass is 79.9. The molecule has 2 aliphatic heterocycles. The molecule has 3 rings (SSSR count). The number of rotatable bonds is 3. The minimum Gasteiger partial charge on any atom is -1.00 e. The molecule has 0 spiro atoms. The highest BCUT2D eigenvalue weighted by Gasteiger charge is 2.17. The third-order valence-corrected chi connectivity index (χ3v) is 4.20. The Morgan fingerprint density at radius 1 is 1.05 bits per heavy atom. The lowest BCUT2D eigenvalue weighted by molar-refractivity contribution is -0.524. The quantitative estimate of drug-likeness (QED) is 0.658. The normalized spacial score (nSPS) is 19.3. The van der Waals surface area contributed by atoms with Gasteiger partial charge in [-0.05, 0) is 37.6 Å². The second kappa shape index (κ2) is 7.20. The van der Waals surface area contributed by atoms with E-state index in [1.54, 1.807) is 0 Å². The van der Waals surface area contributed by atoms with Gasteiger partial charge < -0.3 is 17.0 Å². The molecule has 0 amide bonds. The van der Waals surface area contributed by atoms with Crippen molar-refractivity contribution in [3.8, 4) is 0 Å². The number of likely N-dealkylation sites (tertiary alicyclic amines) is 1. The Kier molecular flexibility index (Phi) is 5.59. The van der Waals surface area contributed by atoms with Gasteiger partial charge in [0.15, 0.2) is 12.8 Å². The first kappa shape index (κ1) is 14.7. The minimum atomic E-state index is 0. The van der Waals surface area contributed by atoms with Crippen LogP contribution in [0.25, 0.3) is 0 Å². The van der Waals surface area contributed by atoms with Crippen LogP contribution in [0, 0.1) is 0 Å². The van der Waals surface area contributed by atoms with Gasteiger partial charge in [0.1, 0.15) is 6.54 Å². The third-order valence-electron chi connectivity index (χ3n) is 4.20. The molecular formula is C16H23BrN2. The molecule has 1 fully saturated rings. The van der Waals surface area contributed by atoms with Gasteiger partial charge in [0.2, 0.25) is 0 Å². The zero-order valence-corrected chi connectivity index (χ0v) is 13.1. The topological polar surface area (TPSA) is 6.25 Å². The van der Waals surface area contributed by atoms with Crippen molar-refractivity contribution in [2.24, 2.45) is 0 Å². The van der Waals surface area contributed by atoms with E-state index >= 15 is 0 Å². The number of fused-ring (bicyclic) bond motifs is 1. The van der Waals surface area contributed by atoms with E-state index in [-0.39, 0.29) is 17.0 Å². The van der Waals surface area contributed by atoms with Gasteiger partial charge in [0.05, 0.1) is 6.54 Å². The molecule has 19 heavy (non-hydrogen) atoms. The molecule has 0 bridgehead atoms. The summed E-state index contributed by atoms with van der Waals surface area (Å²) in [6.45, 7) is 6.23. The van der Waals surface area contributed by atoms with Crippen molar-refractivity contribution in [1.82, 2.24) is 4.90 Å². The predicted molar refractivity (Wildman–Crippen MR) is 75.6 cm³/mol. The number of benzene rings is 1. The molecule has 0 unspecified atom stereocenters. The summed E-state index contributed by atoms with van der Waals surface area (Å²) in [7, 11) is 0. The Morgan fingerprint density at radius 3 is 2.68 bits per heavy atom. The Bertz CT molecular complexity index is 436. The summed E-state index contributed by atoms with van der Waals surface area (Å²) in [6, 6.07) is 8.79. The van der Waals surface area contributed by atoms with E-state index in [9.17, 15) is 0 Å². The lowest BCUT2D eigenvalue weighted by atomic mass is 10.0. The number of hydrogen-bond donors (Lipinski definition) is 0. The molecule has 104 valence electrons. The van der Waals surface area contributed by atoms with E-state index in [2.05, 4.69) is 40.0 Å². The monoisotopic (exact) mass is 322 g/mol. The average molecular weight is 323 g/mol. The van der Waals surface area contributed by atoms with Crippen molar-refractivity contribution >= 4 is 6.21 Å². The zero-order chi connectivity index (χ0) is 12.2. The maximum Gasteiger partial charge on any atom is 0.171 e. The van der Waals surface area contributed by atoms with Crippen molar-refractivity contribution < 1.29 is 21.6 Å².